The molecule has 6 nitrogen and oxygen atoms in total. The van der Waals surface area contributed by atoms with Crippen molar-refractivity contribution < 1.29 is 18.7 Å². The first-order chi connectivity index (χ1) is 14.5. The zero-order chi connectivity index (χ0) is 21.3. The number of benzene rings is 2. The molecule has 2 heterocycles. The summed E-state index contributed by atoms with van der Waals surface area (Å²) in [6.07, 6.45) is 1.41. The third-order valence-corrected chi connectivity index (χ3v) is 6.14. The van der Waals surface area contributed by atoms with Crippen molar-refractivity contribution in [2.24, 2.45) is 0 Å². The van der Waals surface area contributed by atoms with Gasteiger partial charge in [-0.3, -0.25) is 9.59 Å². The molecular weight excluding hydrogens is 447 g/mol. The second-order valence-electron chi connectivity index (χ2n) is 6.19. The van der Waals surface area contributed by atoms with Crippen LogP contribution in [0.2, 0.25) is 10.0 Å². The highest BCUT2D eigenvalue weighted by Crippen LogP contribution is 2.38. The third kappa shape index (κ3) is 4.00. The molecular formula is C21H14Cl2N2O4S. The number of amides is 2. The molecule has 0 fully saturated rings. The minimum atomic E-state index is -0.410. The Hall–Kier alpha value is -3.00. The molecule has 0 aliphatic rings. The number of hydrogen-bond acceptors (Lipinski definition) is 5. The second kappa shape index (κ2) is 8.39. The van der Waals surface area contributed by atoms with Gasteiger partial charge >= 0.3 is 0 Å². The zero-order valence-corrected chi connectivity index (χ0v) is 17.8. The Balaban J connectivity index is 1.61. The van der Waals surface area contributed by atoms with Gasteiger partial charge in [-0.05, 0) is 42.5 Å². The van der Waals surface area contributed by atoms with Crippen molar-refractivity contribution in [3.63, 3.8) is 0 Å². The maximum Gasteiger partial charge on any atom is 0.291 e. The number of carbonyl (C=O) groups is 2. The first kappa shape index (κ1) is 20.3. The molecule has 2 amide bonds. The van der Waals surface area contributed by atoms with Crippen molar-refractivity contribution in [2.75, 3.05) is 17.7 Å². The molecule has 0 atom stereocenters. The molecule has 2 aromatic heterocycles. The van der Waals surface area contributed by atoms with E-state index < -0.39 is 11.8 Å². The fourth-order valence-electron chi connectivity index (χ4n) is 2.85. The number of furan rings is 1. The van der Waals surface area contributed by atoms with E-state index in [1.807, 2.05) is 0 Å². The Bertz CT molecular complexity index is 1250. The van der Waals surface area contributed by atoms with Gasteiger partial charge in [-0.1, -0.05) is 29.3 Å². The molecule has 0 aliphatic carbocycles. The van der Waals surface area contributed by atoms with E-state index in [1.165, 1.54) is 24.7 Å². The summed E-state index contributed by atoms with van der Waals surface area (Å²) in [5.74, 6) is -0.205. The number of anilines is 2. The zero-order valence-electron chi connectivity index (χ0n) is 15.5. The number of thiophene rings is 1. The lowest BCUT2D eigenvalue weighted by molar-refractivity contribution is 0.0995. The minimum Gasteiger partial charge on any atom is -0.495 e. The van der Waals surface area contributed by atoms with Crippen LogP contribution < -0.4 is 15.4 Å². The summed E-state index contributed by atoms with van der Waals surface area (Å²) in [6.45, 7) is 0. The Labute approximate surface area is 185 Å². The standard InChI is InChI=1S/C21H14Cl2N2O4S/c1-28-15-7-5-12(24-20(26)16-3-2-8-29-16)10-14(15)25-21(27)19-18(23)13-6-4-11(22)9-17(13)30-19/h2-10H,1H3,(H,24,26)(H,25,27). The van der Waals surface area contributed by atoms with Crippen molar-refractivity contribution in [3.05, 3.63) is 75.5 Å². The molecule has 9 heteroatoms. The van der Waals surface area contributed by atoms with E-state index in [0.717, 1.165) is 10.1 Å². The molecule has 0 saturated heterocycles. The summed E-state index contributed by atoms with van der Waals surface area (Å²) in [6, 6.07) is 13.3. The summed E-state index contributed by atoms with van der Waals surface area (Å²) >= 11 is 13.7. The van der Waals surface area contributed by atoms with Crippen LogP contribution in [0.3, 0.4) is 0 Å². The number of methoxy groups -OCH3 is 1. The van der Waals surface area contributed by atoms with Gasteiger partial charge < -0.3 is 19.8 Å². The summed E-state index contributed by atoms with van der Waals surface area (Å²) in [7, 11) is 1.49. The van der Waals surface area contributed by atoms with Crippen LogP contribution in [-0.4, -0.2) is 18.9 Å². The molecule has 0 aliphatic heterocycles. The van der Waals surface area contributed by atoms with E-state index in [0.29, 0.717) is 32.0 Å². The van der Waals surface area contributed by atoms with Gasteiger partial charge in [0.15, 0.2) is 5.76 Å². The van der Waals surface area contributed by atoms with Crippen molar-refractivity contribution in [3.8, 4) is 5.75 Å². The summed E-state index contributed by atoms with van der Waals surface area (Å²) in [5.41, 5.74) is 0.841. The molecule has 152 valence electrons. The number of nitrogens with one attached hydrogen (secondary N) is 2. The lowest BCUT2D eigenvalue weighted by Crippen LogP contribution is -2.14. The van der Waals surface area contributed by atoms with Crippen LogP contribution in [0, 0.1) is 0 Å². The number of carbonyl (C=O) groups excluding carboxylic acids is 2. The highest BCUT2D eigenvalue weighted by atomic mass is 35.5. The Kier molecular flexibility index (Phi) is 5.67. The van der Waals surface area contributed by atoms with Crippen LogP contribution in [0.15, 0.2) is 59.2 Å². The number of fused-ring (bicyclic) bond motifs is 1. The minimum absolute atomic E-state index is 0.173. The Morgan fingerprint density at radius 1 is 1.03 bits per heavy atom. The SMILES string of the molecule is COc1ccc(NC(=O)c2ccco2)cc1NC(=O)c1sc2cc(Cl)ccc2c1Cl. The maximum absolute atomic E-state index is 12.9. The van der Waals surface area contributed by atoms with Gasteiger partial charge in [-0.15, -0.1) is 11.3 Å². The first-order valence-corrected chi connectivity index (χ1v) is 10.3. The van der Waals surface area contributed by atoms with Crippen molar-refractivity contribution in [1.29, 1.82) is 0 Å². The van der Waals surface area contributed by atoms with Gasteiger partial charge in [0.1, 0.15) is 10.6 Å². The van der Waals surface area contributed by atoms with Crippen LogP contribution in [0.4, 0.5) is 11.4 Å². The Morgan fingerprint density at radius 2 is 1.87 bits per heavy atom. The normalized spacial score (nSPS) is 10.8. The highest BCUT2D eigenvalue weighted by Gasteiger charge is 2.19. The topological polar surface area (TPSA) is 80.6 Å². The molecule has 0 saturated carbocycles. The summed E-state index contributed by atoms with van der Waals surface area (Å²) in [4.78, 5) is 25.5. The van der Waals surface area contributed by atoms with E-state index in [9.17, 15) is 9.59 Å². The lowest BCUT2D eigenvalue weighted by Gasteiger charge is -2.12. The monoisotopic (exact) mass is 460 g/mol. The molecule has 0 spiro atoms. The quantitative estimate of drug-likeness (QED) is 0.365. The van der Waals surface area contributed by atoms with Crippen molar-refractivity contribution in [2.45, 2.75) is 0 Å². The van der Waals surface area contributed by atoms with Crippen LogP contribution in [0.1, 0.15) is 20.2 Å². The highest BCUT2D eigenvalue weighted by molar-refractivity contribution is 7.21. The molecule has 2 N–H and O–H groups in total. The summed E-state index contributed by atoms with van der Waals surface area (Å²) < 4.78 is 11.2. The van der Waals surface area contributed by atoms with Crippen molar-refractivity contribution >= 4 is 67.8 Å². The molecule has 0 unspecified atom stereocenters. The Morgan fingerprint density at radius 3 is 2.60 bits per heavy atom. The van der Waals surface area contributed by atoms with E-state index >= 15 is 0 Å². The first-order valence-electron chi connectivity index (χ1n) is 8.68. The molecule has 0 radical (unpaired) electrons. The van der Waals surface area contributed by atoms with Gasteiger partial charge in [-0.25, -0.2) is 0 Å². The summed E-state index contributed by atoms with van der Waals surface area (Å²) in [5, 5.41) is 7.18. The molecule has 30 heavy (non-hydrogen) atoms. The lowest BCUT2D eigenvalue weighted by atomic mass is 10.2. The average molecular weight is 461 g/mol. The predicted octanol–water partition coefficient (Wildman–Crippen LogP) is 6.31. The van der Waals surface area contributed by atoms with Gasteiger partial charge in [0, 0.05) is 20.8 Å². The van der Waals surface area contributed by atoms with E-state index in [4.69, 9.17) is 32.4 Å². The fraction of sp³-hybridized carbons (Fsp3) is 0.0476. The van der Waals surface area contributed by atoms with Crippen LogP contribution >= 0.6 is 34.5 Å². The molecule has 2 aromatic carbocycles. The van der Waals surface area contributed by atoms with E-state index in [-0.39, 0.29) is 5.76 Å². The number of hydrogen-bond donors (Lipinski definition) is 2. The molecule has 4 aromatic rings. The largest absolute Gasteiger partial charge is 0.495 e. The van der Waals surface area contributed by atoms with Crippen LogP contribution in [0.25, 0.3) is 10.1 Å². The number of ether oxygens (including phenoxy) is 1. The van der Waals surface area contributed by atoms with Gasteiger partial charge in [-0.2, -0.15) is 0 Å². The van der Waals surface area contributed by atoms with E-state index in [2.05, 4.69) is 10.6 Å². The smallest absolute Gasteiger partial charge is 0.291 e. The molecule has 0 bridgehead atoms. The van der Waals surface area contributed by atoms with Crippen LogP contribution in [-0.2, 0) is 0 Å². The van der Waals surface area contributed by atoms with E-state index in [1.54, 1.807) is 48.5 Å². The third-order valence-electron chi connectivity index (χ3n) is 4.25. The van der Waals surface area contributed by atoms with Crippen LogP contribution in [0.5, 0.6) is 5.75 Å². The van der Waals surface area contributed by atoms with Gasteiger partial charge in [0.25, 0.3) is 11.8 Å². The average Bonchev–Trinajstić information content (AvgIpc) is 3.37. The number of halogens is 2. The fourth-order valence-corrected chi connectivity index (χ4v) is 4.54. The number of rotatable bonds is 5. The molecule has 4 rings (SSSR count). The van der Waals surface area contributed by atoms with Gasteiger partial charge in [0.05, 0.1) is 24.1 Å². The predicted molar refractivity (Wildman–Crippen MR) is 119 cm³/mol. The van der Waals surface area contributed by atoms with Gasteiger partial charge in [0.2, 0.25) is 0 Å². The maximum atomic E-state index is 12.9. The van der Waals surface area contributed by atoms with Crippen molar-refractivity contribution in [1.82, 2.24) is 0 Å². The second-order valence-corrected chi connectivity index (χ2v) is 8.05.